The van der Waals surface area contributed by atoms with Crippen LogP contribution in [0.2, 0.25) is 0 Å². The summed E-state index contributed by atoms with van der Waals surface area (Å²) in [5, 5.41) is 2.99. The summed E-state index contributed by atoms with van der Waals surface area (Å²) in [5.74, 6) is -5.72. The summed E-state index contributed by atoms with van der Waals surface area (Å²) in [5.41, 5.74) is 2.68. The van der Waals surface area contributed by atoms with Crippen molar-refractivity contribution in [1.29, 1.82) is 0 Å². The zero-order valence-electron chi connectivity index (χ0n) is 55.9. The molecule has 506 valence electrons. The van der Waals surface area contributed by atoms with Crippen LogP contribution in [0.4, 0.5) is 0 Å². The summed E-state index contributed by atoms with van der Waals surface area (Å²) in [6, 6.07) is 35.8. The molecule has 0 atom stereocenters. The van der Waals surface area contributed by atoms with E-state index in [1.807, 2.05) is 24.3 Å². The van der Waals surface area contributed by atoms with Crippen molar-refractivity contribution >= 4 is 47.6 Å². The quantitative estimate of drug-likeness (QED) is 0.0133. The standard InChI is InChI=1S/C74H108N4O14/c1-5-7-9-11-13-15-17-19-21-23-37-47-69(81)87-53-51-75(77(63(3)79,55-71(83)89-59-65-39-29-25-30-40-65)56-72(84)90-60-66-41-31-26-32-42-66)49-50-76(52-54-88-70(82)48-38-24-22-20-18-16-14-12-10-8-6-2)78(64(4)80,57-73(85)91-61-67-43-33-27-34-44-67)58-74(86)92-62-68-45-35-28-36-46-68/h25-36,39-46H,5-24,37-38,47-62H2,1-4H3/q+2. The largest absolute Gasteiger partial charge is 0.464 e. The number of rotatable bonds is 51. The van der Waals surface area contributed by atoms with Crippen molar-refractivity contribution in [3.8, 4) is 0 Å². The third kappa shape index (κ3) is 31.9. The molecule has 0 aliphatic rings. The fourth-order valence-electron chi connectivity index (χ4n) is 11.1. The second-order valence-electron chi connectivity index (χ2n) is 24.0. The van der Waals surface area contributed by atoms with E-state index in [0.717, 1.165) is 51.4 Å². The SMILES string of the molecule is CCCCCCCCCCCCCC(=O)OCCN(CCN(CCOC(=O)CCCCCCCCCCCCC)[N+](CC(=O)OCc1ccccc1)(CC(=O)OCc1ccccc1)C(C)=O)[N+](CC(=O)OCc1ccccc1)(CC(=O)OCc1ccccc1)C(C)=O. The van der Waals surface area contributed by atoms with Gasteiger partial charge in [0.25, 0.3) is 0 Å². The molecule has 0 radical (unpaired) electrons. The van der Waals surface area contributed by atoms with Crippen molar-refractivity contribution in [2.45, 2.75) is 208 Å². The van der Waals surface area contributed by atoms with Gasteiger partial charge in [0.05, 0.1) is 40.0 Å². The van der Waals surface area contributed by atoms with Gasteiger partial charge >= 0.3 is 47.6 Å². The van der Waals surface area contributed by atoms with Gasteiger partial charge in [0.15, 0.2) is 0 Å². The van der Waals surface area contributed by atoms with Gasteiger partial charge in [-0.2, -0.15) is 9.18 Å². The Kier molecular flexibility index (Phi) is 39.4. The van der Waals surface area contributed by atoms with E-state index in [2.05, 4.69) is 13.8 Å². The summed E-state index contributed by atoms with van der Waals surface area (Å²) in [6.07, 6.45) is 24.5. The third-order valence-corrected chi connectivity index (χ3v) is 16.6. The first-order valence-electron chi connectivity index (χ1n) is 34.1. The van der Waals surface area contributed by atoms with Gasteiger partial charge < -0.3 is 28.4 Å². The molecule has 4 aromatic rings. The number of hydrogen-bond acceptors (Lipinski definition) is 16. The van der Waals surface area contributed by atoms with Gasteiger partial charge in [-0.25, -0.2) is 28.8 Å². The van der Waals surface area contributed by atoms with Crippen LogP contribution in [0, 0.1) is 0 Å². The van der Waals surface area contributed by atoms with Crippen LogP contribution in [0.3, 0.4) is 0 Å². The number of carbonyl (C=O) groups is 8. The Morgan fingerprint density at radius 2 is 0.522 bits per heavy atom. The van der Waals surface area contributed by atoms with Gasteiger partial charge in [-0.3, -0.25) is 9.59 Å². The predicted octanol–water partition coefficient (Wildman–Crippen LogP) is 13.6. The molecule has 4 aromatic carbocycles. The Morgan fingerprint density at radius 1 is 0.293 bits per heavy atom. The van der Waals surface area contributed by atoms with Crippen LogP contribution in [-0.2, 0) is 93.2 Å². The molecule has 0 fully saturated rings. The molecule has 0 aliphatic carbocycles. The number of ether oxygens (including phenoxy) is 6. The summed E-state index contributed by atoms with van der Waals surface area (Å²) in [4.78, 5) is 114. The maximum atomic E-state index is 14.8. The van der Waals surface area contributed by atoms with Gasteiger partial charge in [0.1, 0.15) is 39.6 Å². The first kappa shape index (κ1) is 77.3. The van der Waals surface area contributed by atoms with Gasteiger partial charge in [-0.1, -0.05) is 264 Å². The van der Waals surface area contributed by atoms with E-state index >= 15 is 0 Å². The Hall–Kier alpha value is -7.12. The maximum absolute atomic E-state index is 14.8. The average Bonchev–Trinajstić information content (AvgIpc) is 0.813. The van der Waals surface area contributed by atoms with Crippen LogP contribution in [0.1, 0.15) is 204 Å². The number of quaternary nitrogens is 2. The van der Waals surface area contributed by atoms with E-state index in [1.165, 1.54) is 101 Å². The van der Waals surface area contributed by atoms with Crippen molar-refractivity contribution < 1.29 is 76.0 Å². The van der Waals surface area contributed by atoms with Crippen LogP contribution in [0.15, 0.2) is 121 Å². The summed E-state index contributed by atoms with van der Waals surface area (Å²) >= 11 is 0. The molecule has 0 spiro atoms. The second-order valence-corrected chi connectivity index (χ2v) is 24.0. The van der Waals surface area contributed by atoms with Gasteiger partial charge in [-0.05, 0) is 35.1 Å². The normalized spacial score (nSPS) is 11.5. The summed E-state index contributed by atoms with van der Waals surface area (Å²) in [6.45, 7) is 1.66. The molecule has 2 amide bonds. The van der Waals surface area contributed by atoms with Crippen molar-refractivity contribution in [2.75, 3.05) is 65.6 Å². The monoisotopic (exact) mass is 1280 g/mol. The molecule has 18 heteroatoms. The average molecular weight is 1280 g/mol. The van der Waals surface area contributed by atoms with Gasteiger partial charge in [-0.15, -0.1) is 10.0 Å². The first-order valence-corrected chi connectivity index (χ1v) is 34.1. The second kappa shape index (κ2) is 46.9. The smallest absolute Gasteiger partial charge is 0.364 e. The number of esters is 6. The van der Waals surface area contributed by atoms with Crippen LogP contribution in [0.25, 0.3) is 0 Å². The van der Waals surface area contributed by atoms with Gasteiger partial charge in [0.2, 0.25) is 26.2 Å². The fraction of sp³-hybridized carbons (Fsp3) is 0.568. The number of carbonyl (C=O) groups excluding carboxylic acids is 8. The van der Waals surface area contributed by atoms with E-state index in [0.29, 0.717) is 35.1 Å². The number of nitrogens with zero attached hydrogens (tertiary/aromatic N) is 4. The highest BCUT2D eigenvalue weighted by atomic mass is 16.6. The number of hydrogen-bond donors (Lipinski definition) is 0. The Labute approximate surface area is 548 Å². The minimum atomic E-state index is -1.03. The van der Waals surface area contributed by atoms with E-state index in [9.17, 15) is 38.4 Å². The number of amides is 2. The van der Waals surface area contributed by atoms with Crippen LogP contribution < -0.4 is 0 Å². The summed E-state index contributed by atoms with van der Waals surface area (Å²) in [7, 11) is 0. The molecule has 0 aromatic heterocycles. The molecule has 0 aliphatic heterocycles. The van der Waals surface area contributed by atoms with Crippen molar-refractivity contribution in [2.24, 2.45) is 0 Å². The highest BCUT2D eigenvalue weighted by Gasteiger charge is 2.50. The van der Waals surface area contributed by atoms with Crippen molar-refractivity contribution in [3.05, 3.63) is 144 Å². The van der Waals surface area contributed by atoms with E-state index in [1.54, 1.807) is 97.1 Å². The lowest BCUT2D eigenvalue weighted by Crippen LogP contribution is -2.71. The lowest BCUT2D eigenvalue weighted by Gasteiger charge is -2.44. The topological polar surface area (TPSA) is 198 Å². The lowest BCUT2D eigenvalue weighted by atomic mass is 10.1. The Bertz CT molecular complexity index is 2420. The van der Waals surface area contributed by atoms with E-state index in [-0.39, 0.29) is 78.7 Å². The summed E-state index contributed by atoms with van der Waals surface area (Å²) < 4.78 is 33.0. The molecule has 0 saturated heterocycles. The molecule has 18 nitrogen and oxygen atoms in total. The molecule has 0 bridgehead atoms. The maximum Gasteiger partial charge on any atom is 0.364 e. The zero-order valence-corrected chi connectivity index (χ0v) is 55.9. The molecule has 0 unspecified atom stereocenters. The molecule has 4 rings (SSSR count). The fourth-order valence-corrected chi connectivity index (χ4v) is 11.1. The highest BCUT2D eigenvalue weighted by Crippen LogP contribution is 2.23. The molecule has 92 heavy (non-hydrogen) atoms. The Balaban J connectivity index is 1.73. The molecule has 0 saturated carbocycles. The molecular weight excluding hydrogens is 1170 g/mol. The zero-order chi connectivity index (χ0) is 66.3. The van der Waals surface area contributed by atoms with E-state index in [4.69, 9.17) is 28.4 Å². The van der Waals surface area contributed by atoms with Crippen LogP contribution in [0.5, 0.6) is 0 Å². The molecule has 0 heterocycles. The lowest BCUT2D eigenvalue weighted by molar-refractivity contribution is -0.967. The molecular formula is C74H108N4O14+2. The molecule has 0 N–H and O–H groups in total. The minimum Gasteiger partial charge on any atom is -0.464 e. The highest BCUT2D eigenvalue weighted by molar-refractivity contribution is 5.79. The van der Waals surface area contributed by atoms with Gasteiger partial charge in [0, 0.05) is 12.8 Å². The van der Waals surface area contributed by atoms with Crippen molar-refractivity contribution in [1.82, 2.24) is 10.0 Å². The number of benzene rings is 4. The third-order valence-electron chi connectivity index (χ3n) is 16.6. The Morgan fingerprint density at radius 3 is 0.750 bits per heavy atom. The first-order chi connectivity index (χ1) is 44.7. The van der Waals surface area contributed by atoms with Crippen LogP contribution >= 0.6 is 0 Å². The predicted molar refractivity (Wildman–Crippen MR) is 354 cm³/mol. The van der Waals surface area contributed by atoms with E-state index < -0.39 is 83.0 Å². The minimum absolute atomic E-state index is 0.145. The number of unbranched alkanes of at least 4 members (excludes halogenated alkanes) is 20. The van der Waals surface area contributed by atoms with Crippen LogP contribution in [-0.4, -0.2) is 132 Å². The van der Waals surface area contributed by atoms with Crippen molar-refractivity contribution in [3.63, 3.8) is 0 Å².